The Hall–Kier alpha value is -2.12. The topological polar surface area (TPSA) is 96.1 Å². The van der Waals surface area contributed by atoms with Gasteiger partial charge in [0.2, 0.25) is 5.91 Å². The lowest BCUT2D eigenvalue weighted by Gasteiger charge is -2.21. The van der Waals surface area contributed by atoms with Crippen LogP contribution >= 0.6 is 0 Å². The maximum Gasteiger partial charge on any atom is 0.414 e. The first-order valence-electron chi connectivity index (χ1n) is 8.25. The molecule has 128 valence electrons. The average Bonchev–Trinajstić information content (AvgIpc) is 2.98. The van der Waals surface area contributed by atoms with E-state index in [1.54, 1.807) is 9.80 Å². The van der Waals surface area contributed by atoms with Crippen LogP contribution in [0.5, 0.6) is 0 Å². The number of carbonyl (C=O) groups is 2. The van der Waals surface area contributed by atoms with Gasteiger partial charge < -0.3 is 20.5 Å². The molecule has 1 aromatic carbocycles. The standard InChI is InChI=1S/C17H21N3O4/c18-6-14-8-20(16(23)24-14)13-3-1-11(2-4-13)17-5-12(17)7-19(10-17)15(22)9-21/h1-4,12,14,21H,5-10,18H2/t12?,14-,17?/m0/s1. The van der Waals surface area contributed by atoms with Gasteiger partial charge in [0.1, 0.15) is 12.7 Å². The molecule has 1 aromatic rings. The van der Waals surface area contributed by atoms with E-state index < -0.39 is 6.61 Å². The summed E-state index contributed by atoms with van der Waals surface area (Å²) in [5.74, 6) is 0.267. The highest BCUT2D eigenvalue weighted by molar-refractivity contribution is 5.89. The molecule has 3 aliphatic rings. The van der Waals surface area contributed by atoms with Crippen LogP contribution in [0.4, 0.5) is 10.5 Å². The molecular formula is C17H21N3O4. The number of fused-ring (bicyclic) bond motifs is 1. The zero-order valence-corrected chi connectivity index (χ0v) is 13.4. The molecule has 2 unspecified atom stereocenters. The SMILES string of the molecule is NC[C@H]1CN(c2ccc(C34CC3CN(C(=O)CO)C4)cc2)C(=O)O1. The summed E-state index contributed by atoms with van der Waals surface area (Å²) >= 11 is 0. The number of benzene rings is 1. The lowest BCUT2D eigenvalue weighted by Crippen LogP contribution is -2.34. The number of amides is 2. The van der Waals surface area contributed by atoms with Crippen molar-refractivity contribution in [2.45, 2.75) is 17.9 Å². The number of piperidine rings is 1. The van der Waals surface area contributed by atoms with Gasteiger partial charge in [-0.1, -0.05) is 12.1 Å². The van der Waals surface area contributed by atoms with Crippen molar-refractivity contribution in [1.82, 2.24) is 4.90 Å². The number of rotatable bonds is 4. The van der Waals surface area contributed by atoms with Crippen molar-refractivity contribution in [3.05, 3.63) is 29.8 Å². The van der Waals surface area contributed by atoms with Crippen molar-refractivity contribution in [3.8, 4) is 0 Å². The van der Waals surface area contributed by atoms with Gasteiger partial charge in [0, 0.05) is 30.7 Å². The monoisotopic (exact) mass is 331 g/mol. The molecule has 2 aliphatic heterocycles. The quantitative estimate of drug-likeness (QED) is 0.813. The van der Waals surface area contributed by atoms with E-state index in [0.717, 1.165) is 18.7 Å². The molecule has 24 heavy (non-hydrogen) atoms. The van der Waals surface area contributed by atoms with Crippen LogP contribution in [-0.2, 0) is 14.9 Å². The molecule has 4 rings (SSSR count). The van der Waals surface area contributed by atoms with Crippen molar-refractivity contribution < 1.29 is 19.4 Å². The zero-order valence-electron chi connectivity index (χ0n) is 13.4. The van der Waals surface area contributed by atoms with Gasteiger partial charge in [-0.2, -0.15) is 0 Å². The molecule has 3 fully saturated rings. The molecule has 0 radical (unpaired) electrons. The minimum atomic E-state index is -0.429. The minimum absolute atomic E-state index is 0.0225. The molecule has 1 saturated carbocycles. The van der Waals surface area contributed by atoms with Gasteiger partial charge in [-0.05, 0) is 30.0 Å². The van der Waals surface area contributed by atoms with Crippen LogP contribution in [0.1, 0.15) is 12.0 Å². The molecule has 3 N–H and O–H groups in total. The predicted octanol–water partition coefficient (Wildman–Crippen LogP) is 0.0627. The molecule has 3 atom stereocenters. The number of aliphatic hydroxyl groups excluding tert-OH is 1. The molecule has 7 heteroatoms. The van der Waals surface area contributed by atoms with E-state index >= 15 is 0 Å². The van der Waals surface area contributed by atoms with E-state index in [4.69, 9.17) is 15.6 Å². The highest BCUT2D eigenvalue weighted by Gasteiger charge is 2.61. The van der Waals surface area contributed by atoms with Crippen LogP contribution < -0.4 is 10.6 Å². The largest absolute Gasteiger partial charge is 0.443 e. The fourth-order valence-electron chi connectivity index (χ4n) is 4.05. The number of anilines is 1. The minimum Gasteiger partial charge on any atom is -0.443 e. The molecule has 0 bridgehead atoms. The molecule has 0 aromatic heterocycles. The number of hydrogen-bond acceptors (Lipinski definition) is 5. The summed E-state index contributed by atoms with van der Waals surface area (Å²) < 4.78 is 5.18. The van der Waals surface area contributed by atoms with Gasteiger partial charge in [-0.3, -0.25) is 9.69 Å². The number of ether oxygens (including phenoxy) is 1. The number of aliphatic hydroxyl groups is 1. The Kier molecular flexibility index (Phi) is 3.51. The molecule has 2 saturated heterocycles. The van der Waals surface area contributed by atoms with E-state index in [2.05, 4.69) is 0 Å². The molecule has 2 amide bonds. The highest BCUT2D eigenvalue weighted by Crippen LogP contribution is 2.59. The first-order valence-corrected chi connectivity index (χ1v) is 8.25. The normalized spacial score (nSPS) is 31.2. The van der Waals surface area contributed by atoms with Crippen LogP contribution in [-0.4, -0.2) is 60.9 Å². The van der Waals surface area contributed by atoms with Crippen molar-refractivity contribution in [2.24, 2.45) is 11.7 Å². The molecule has 7 nitrogen and oxygen atoms in total. The average molecular weight is 331 g/mol. The number of likely N-dealkylation sites (tertiary alicyclic amines) is 1. The summed E-state index contributed by atoms with van der Waals surface area (Å²) in [6.45, 7) is 1.75. The fourth-order valence-corrected chi connectivity index (χ4v) is 4.05. The summed E-state index contributed by atoms with van der Waals surface area (Å²) in [4.78, 5) is 26.9. The van der Waals surface area contributed by atoms with Gasteiger partial charge in [0.25, 0.3) is 0 Å². The van der Waals surface area contributed by atoms with Gasteiger partial charge in [0.05, 0.1) is 6.54 Å². The third kappa shape index (κ3) is 2.27. The Bertz CT molecular complexity index is 677. The molecular weight excluding hydrogens is 310 g/mol. The zero-order chi connectivity index (χ0) is 16.9. The van der Waals surface area contributed by atoms with Crippen molar-refractivity contribution >= 4 is 17.7 Å². The Morgan fingerprint density at radius 3 is 2.71 bits per heavy atom. The predicted molar refractivity (Wildman–Crippen MR) is 86.6 cm³/mol. The van der Waals surface area contributed by atoms with Crippen LogP contribution in [0.25, 0.3) is 0 Å². The van der Waals surface area contributed by atoms with Crippen LogP contribution in [0.3, 0.4) is 0 Å². The second-order valence-electron chi connectivity index (χ2n) is 6.89. The lowest BCUT2D eigenvalue weighted by atomic mass is 9.94. The number of hydrogen-bond donors (Lipinski definition) is 2. The van der Waals surface area contributed by atoms with Crippen molar-refractivity contribution in [3.63, 3.8) is 0 Å². The Morgan fingerprint density at radius 1 is 1.33 bits per heavy atom. The third-order valence-electron chi connectivity index (χ3n) is 5.52. The Labute approximate surface area is 140 Å². The summed E-state index contributed by atoms with van der Waals surface area (Å²) in [7, 11) is 0. The van der Waals surface area contributed by atoms with Gasteiger partial charge >= 0.3 is 6.09 Å². The number of nitrogens with zero attached hydrogens (tertiary/aromatic N) is 2. The first kappa shape index (κ1) is 15.4. The molecule has 1 aliphatic carbocycles. The first-order chi connectivity index (χ1) is 11.6. The fraction of sp³-hybridized carbons (Fsp3) is 0.529. The van der Waals surface area contributed by atoms with Crippen molar-refractivity contribution in [1.29, 1.82) is 0 Å². The maximum atomic E-state index is 11.9. The van der Waals surface area contributed by atoms with Crippen LogP contribution in [0.2, 0.25) is 0 Å². The second-order valence-corrected chi connectivity index (χ2v) is 6.89. The number of carbonyl (C=O) groups excluding carboxylic acids is 2. The second kappa shape index (κ2) is 5.46. The number of nitrogens with two attached hydrogens (primary N) is 1. The summed E-state index contributed by atoms with van der Waals surface area (Å²) in [5.41, 5.74) is 7.57. The van der Waals surface area contributed by atoms with Crippen LogP contribution in [0.15, 0.2) is 24.3 Å². The number of cyclic esters (lactones) is 1. The smallest absolute Gasteiger partial charge is 0.414 e. The van der Waals surface area contributed by atoms with Gasteiger partial charge in [0.15, 0.2) is 0 Å². The lowest BCUT2D eigenvalue weighted by molar-refractivity contribution is -0.133. The van der Waals surface area contributed by atoms with Crippen LogP contribution in [0, 0.1) is 5.92 Å². The van der Waals surface area contributed by atoms with Crippen molar-refractivity contribution in [2.75, 3.05) is 37.7 Å². The summed E-state index contributed by atoms with van der Waals surface area (Å²) in [6.07, 6.45) is 0.459. The third-order valence-corrected chi connectivity index (χ3v) is 5.52. The van der Waals surface area contributed by atoms with E-state index in [1.165, 1.54) is 5.56 Å². The summed E-state index contributed by atoms with van der Waals surface area (Å²) in [5, 5.41) is 9.03. The van der Waals surface area contributed by atoms with E-state index in [9.17, 15) is 9.59 Å². The van der Waals surface area contributed by atoms with Gasteiger partial charge in [-0.15, -0.1) is 0 Å². The molecule has 2 heterocycles. The van der Waals surface area contributed by atoms with E-state index in [-0.39, 0.29) is 23.5 Å². The van der Waals surface area contributed by atoms with E-state index in [1.807, 2.05) is 24.3 Å². The Balaban J connectivity index is 1.50. The molecule has 0 spiro atoms. The summed E-state index contributed by atoms with van der Waals surface area (Å²) in [6, 6.07) is 7.92. The Morgan fingerprint density at radius 2 is 2.08 bits per heavy atom. The maximum absolute atomic E-state index is 11.9. The van der Waals surface area contributed by atoms with E-state index in [0.29, 0.717) is 25.6 Å². The highest BCUT2D eigenvalue weighted by atomic mass is 16.6. The van der Waals surface area contributed by atoms with Gasteiger partial charge in [-0.25, -0.2) is 4.79 Å².